The number of likely N-dealkylation sites (tertiary alicyclic amines) is 1. The van der Waals surface area contributed by atoms with Crippen LogP contribution in [0.2, 0.25) is 0 Å². The highest BCUT2D eigenvalue weighted by molar-refractivity contribution is 9.10. The fraction of sp³-hybridized carbons (Fsp3) is 0.414. The van der Waals surface area contributed by atoms with E-state index in [0.29, 0.717) is 6.04 Å². The number of anilines is 2. The minimum absolute atomic E-state index is 0.446. The Kier molecular flexibility index (Phi) is 7.32. The molecule has 38 heavy (non-hydrogen) atoms. The summed E-state index contributed by atoms with van der Waals surface area (Å²) in [6, 6.07) is 13.5. The van der Waals surface area contributed by atoms with Gasteiger partial charge in [0.05, 0.1) is 10.2 Å². The molecule has 0 atom stereocenters. The molecule has 0 radical (unpaired) electrons. The van der Waals surface area contributed by atoms with E-state index < -0.39 is 0 Å². The molecule has 5 heterocycles. The van der Waals surface area contributed by atoms with E-state index in [1.165, 1.54) is 11.3 Å². The van der Waals surface area contributed by atoms with Gasteiger partial charge in [0.15, 0.2) is 5.65 Å². The Morgan fingerprint density at radius 3 is 2.42 bits per heavy atom. The molecular formula is C29H35BrN8. The summed E-state index contributed by atoms with van der Waals surface area (Å²) in [5.74, 6) is 0.847. The number of fused-ring (bicyclic) bond motifs is 1. The van der Waals surface area contributed by atoms with Crippen molar-refractivity contribution < 1.29 is 0 Å². The van der Waals surface area contributed by atoms with Crippen LogP contribution in [0.25, 0.3) is 22.6 Å². The number of H-pyrrole nitrogens is 1. The second-order valence-electron chi connectivity index (χ2n) is 10.6. The average Bonchev–Trinajstić information content (AvgIpc) is 3.38. The third-order valence-corrected chi connectivity index (χ3v) is 8.39. The smallest absolute Gasteiger partial charge is 0.159 e. The number of piperazine rings is 1. The molecule has 8 nitrogen and oxygen atoms in total. The number of nitrogens with zero attached hydrogens (tertiary/aromatic N) is 6. The van der Waals surface area contributed by atoms with Gasteiger partial charge in [-0.2, -0.15) is 0 Å². The van der Waals surface area contributed by atoms with Crippen LogP contribution in [0.4, 0.5) is 11.4 Å². The molecule has 9 heteroatoms. The molecule has 0 bridgehead atoms. The number of hydrogen-bond acceptors (Lipinski definition) is 7. The maximum Gasteiger partial charge on any atom is 0.159 e. The normalized spacial score (nSPS) is 17.8. The molecule has 4 aromatic rings. The third kappa shape index (κ3) is 5.55. The van der Waals surface area contributed by atoms with Gasteiger partial charge in [0, 0.05) is 68.1 Å². The highest BCUT2D eigenvalue weighted by atomic mass is 79.9. The molecule has 0 aliphatic carbocycles. The van der Waals surface area contributed by atoms with Crippen LogP contribution in [0.3, 0.4) is 0 Å². The SMILES string of the molecule is Cc1ccc(CN2CCN(c3ccc(-c4nc5c(NC6CCN(C)CC6)c(Br)cnc5[nH]4)cc3)CC2)cn1. The van der Waals surface area contributed by atoms with Crippen LogP contribution in [0.15, 0.2) is 53.3 Å². The van der Waals surface area contributed by atoms with E-state index in [1.54, 1.807) is 0 Å². The van der Waals surface area contributed by atoms with E-state index in [0.717, 1.165) is 97.1 Å². The van der Waals surface area contributed by atoms with Gasteiger partial charge in [-0.3, -0.25) is 9.88 Å². The van der Waals surface area contributed by atoms with E-state index in [-0.39, 0.29) is 0 Å². The Morgan fingerprint density at radius 2 is 1.71 bits per heavy atom. The van der Waals surface area contributed by atoms with E-state index in [9.17, 15) is 0 Å². The summed E-state index contributed by atoms with van der Waals surface area (Å²) in [7, 11) is 2.19. The van der Waals surface area contributed by atoms with Gasteiger partial charge in [-0.05, 0) is 91.7 Å². The number of rotatable bonds is 6. The first-order valence-electron chi connectivity index (χ1n) is 13.5. The van der Waals surface area contributed by atoms with Crippen molar-refractivity contribution in [1.29, 1.82) is 0 Å². The molecule has 0 unspecified atom stereocenters. The van der Waals surface area contributed by atoms with E-state index in [4.69, 9.17) is 4.98 Å². The molecule has 6 rings (SSSR count). The summed E-state index contributed by atoms with van der Waals surface area (Å²) >= 11 is 3.70. The van der Waals surface area contributed by atoms with Crippen molar-refractivity contribution >= 4 is 38.5 Å². The van der Waals surface area contributed by atoms with Gasteiger partial charge in [0.2, 0.25) is 0 Å². The van der Waals surface area contributed by atoms with Gasteiger partial charge in [0.25, 0.3) is 0 Å². The minimum atomic E-state index is 0.446. The number of benzene rings is 1. The van der Waals surface area contributed by atoms with Gasteiger partial charge < -0.3 is 20.1 Å². The zero-order chi connectivity index (χ0) is 26.1. The van der Waals surface area contributed by atoms with Crippen LogP contribution in [0.1, 0.15) is 24.1 Å². The first-order valence-corrected chi connectivity index (χ1v) is 14.3. The molecule has 1 aromatic carbocycles. The molecular weight excluding hydrogens is 540 g/mol. The lowest BCUT2D eigenvalue weighted by atomic mass is 10.1. The van der Waals surface area contributed by atoms with Gasteiger partial charge in [-0.15, -0.1) is 0 Å². The molecule has 0 spiro atoms. The highest BCUT2D eigenvalue weighted by Crippen LogP contribution is 2.33. The second-order valence-corrected chi connectivity index (χ2v) is 11.5. The van der Waals surface area contributed by atoms with Crippen LogP contribution in [-0.2, 0) is 6.54 Å². The average molecular weight is 576 g/mol. The maximum absolute atomic E-state index is 4.98. The molecule has 2 saturated heterocycles. The minimum Gasteiger partial charge on any atom is -0.379 e. The van der Waals surface area contributed by atoms with Crippen molar-refractivity contribution in [3.63, 3.8) is 0 Å². The lowest BCUT2D eigenvalue weighted by Gasteiger charge is -2.36. The first-order chi connectivity index (χ1) is 18.5. The molecule has 2 aliphatic rings. The summed E-state index contributed by atoms with van der Waals surface area (Å²) < 4.78 is 0.954. The van der Waals surface area contributed by atoms with E-state index in [2.05, 4.69) is 94.3 Å². The lowest BCUT2D eigenvalue weighted by molar-refractivity contribution is 0.249. The Bertz CT molecular complexity index is 1370. The highest BCUT2D eigenvalue weighted by Gasteiger charge is 2.21. The zero-order valence-electron chi connectivity index (χ0n) is 22.1. The molecule has 0 amide bonds. The van der Waals surface area contributed by atoms with E-state index >= 15 is 0 Å². The molecule has 2 N–H and O–H groups in total. The predicted octanol–water partition coefficient (Wildman–Crippen LogP) is 4.92. The van der Waals surface area contributed by atoms with Crippen LogP contribution in [0.5, 0.6) is 0 Å². The van der Waals surface area contributed by atoms with Crippen molar-refractivity contribution in [2.75, 3.05) is 56.5 Å². The number of aromatic nitrogens is 4. The fourth-order valence-corrected chi connectivity index (χ4v) is 5.81. The Hall–Kier alpha value is -3.01. The van der Waals surface area contributed by atoms with Crippen LogP contribution < -0.4 is 10.2 Å². The summed E-state index contributed by atoms with van der Waals surface area (Å²) in [6.07, 6.45) is 6.12. The summed E-state index contributed by atoms with van der Waals surface area (Å²) in [6.45, 7) is 9.36. The first kappa shape index (κ1) is 25.3. The van der Waals surface area contributed by atoms with Gasteiger partial charge >= 0.3 is 0 Å². The number of pyridine rings is 2. The molecule has 3 aromatic heterocycles. The van der Waals surface area contributed by atoms with Gasteiger partial charge in [-0.1, -0.05) is 6.07 Å². The number of imidazole rings is 1. The van der Waals surface area contributed by atoms with Gasteiger partial charge in [0.1, 0.15) is 11.3 Å². The Balaban J connectivity index is 1.12. The molecule has 2 aliphatic heterocycles. The van der Waals surface area contributed by atoms with Crippen LogP contribution in [0, 0.1) is 6.92 Å². The summed E-state index contributed by atoms with van der Waals surface area (Å²) in [5, 5.41) is 3.74. The summed E-state index contributed by atoms with van der Waals surface area (Å²) in [5.41, 5.74) is 7.40. The van der Waals surface area contributed by atoms with Crippen LogP contribution >= 0.6 is 15.9 Å². The Morgan fingerprint density at radius 1 is 0.947 bits per heavy atom. The maximum atomic E-state index is 4.98. The van der Waals surface area contributed by atoms with Gasteiger partial charge in [-0.25, -0.2) is 9.97 Å². The van der Waals surface area contributed by atoms with Crippen molar-refractivity contribution in [2.24, 2.45) is 0 Å². The molecule has 2 fully saturated rings. The largest absolute Gasteiger partial charge is 0.379 e. The Labute approximate surface area is 232 Å². The van der Waals surface area contributed by atoms with Crippen molar-refractivity contribution in [2.45, 2.75) is 32.4 Å². The van der Waals surface area contributed by atoms with Crippen molar-refractivity contribution in [3.8, 4) is 11.4 Å². The van der Waals surface area contributed by atoms with E-state index in [1.807, 2.05) is 19.3 Å². The number of hydrogen-bond donors (Lipinski definition) is 2. The van der Waals surface area contributed by atoms with Crippen molar-refractivity contribution in [1.82, 2.24) is 29.7 Å². The monoisotopic (exact) mass is 574 g/mol. The fourth-order valence-electron chi connectivity index (χ4n) is 5.41. The third-order valence-electron chi connectivity index (χ3n) is 7.79. The predicted molar refractivity (Wildman–Crippen MR) is 158 cm³/mol. The number of halogens is 1. The van der Waals surface area contributed by atoms with Crippen molar-refractivity contribution in [3.05, 3.63) is 64.5 Å². The summed E-state index contributed by atoms with van der Waals surface area (Å²) in [4.78, 5) is 24.8. The number of nitrogens with one attached hydrogen (secondary N) is 2. The second kappa shape index (κ2) is 11.0. The zero-order valence-corrected chi connectivity index (χ0v) is 23.7. The number of piperidine rings is 1. The standard InChI is InChI=1S/C29H35BrN8/c1-20-3-4-21(17-31-20)19-37-13-15-38(16-14-37)24-7-5-22(6-8-24)28-34-27-26(25(30)18-32-29(27)35-28)33-23-9-11-36(2)12-10-23/h3-8,17-18,23H,9-16,19H2,1-2H3,(H2,32,33,34,35). The van der Waals surface area contributed by atoms with Crippen LogP contribution in [-0.4, -0.2) is 82.1 Å². The number of aryl methyl sites for hydroxylation is 1. The molecule has 198 valence electrons. The number of aromatic amines is 1. The lowest BCUT2D eigenvalue weighted by Crippen LogP contribution is -2.45. The quantitative estimate of drug-likeness (QED) is 0.338. The topological polar surface area (TPSA) is 76.2 Å². The molecule has 0 saturated carbocycles.